The number of hydrogen-bond donors (Lipinski definition) is 3. The Morgan fingerprint density at radius 2 is 1.69 bits per heavy atom. The highest BCUT2D eigenvalue weighted by atomic mass is 16.1. The van der Waals surface area contributed by atoms with Crippen LogP contribution in [-0.2, 0) is 11.2 Å². The smallest absolute Gasteiger partial charge is 0.224 e. The minimum Gasteiger partial charge on any atom is -0.368 e. The molecule has 2 aromatic heterocycles. The summed E-state index contributed by atoms with van der Waals surface area (Å²) in [6.07, 6.45) is 2.14. The normalized spacial score (nSPS) is 10.4. The van der Waals surface area contributed by atoms with Crippen LogP contribution in [0.15, 0.2) is 48.7 Å². The Morgan fingerprint density at radius 1 is 0.897 bits per heavy atom. The van der Waals surface area contributed by atoms with Gasteiger partial charge >= 0.3 is 0 Å². The van der Waals surface area contributed by atoms with Crippen LogP contribution < -0.4 is 16.0 Å². The van der Waals surface area contributed by atoms with Crippen molar-refractivity contribution in [2.45, 2.75) is 27.2 Å². The number of aromatic nitrogens is 3. The molecule has 0 saturated carbocycles. The van der Waals surface area contributed by atoms with Gasteiger partial charge in [0.15, 0.2) is 0 Å². The Kier molecular flexibility index (Phi) is 6.73. The van der Waals surface area contributed by atoms with Gasteiger partial charge in [0.05, 0.1) is 6.42 Å². The summed E-state index contributed by atoms with van der Waals surface area (Å²) in [4.78, 5) is 25.2. The van der Waals surface area contributed by atoms with Crippen LogP contribution in [0.1, 0.15) is 22.5 Å². The van der Waals surface area contributed by atoms with E-state index in [1.807, 2.05) is 63.2 Å². The molecule has 0 aliphatic rings. The fraction of sp³-hybridized carbons (Fsp3) is 0.273. The molecule has 0 fully saturated rings. The quantitative estimate of drug-likeness (QED) is 0.511. The molecule has 150 valence electrons. The summed E-state index contributed by atoms with van der Waals surface area (Å²) in [6, 6.07) is 13.7. The van der Waals surface area contributed by atoms with E-state index in [0.717, 1.165) is 22.5 Å². The maximum Gasteiger partial charge on any atom is 0.224 e. The molecule has 3 aromatic rings. The third-order valence-corrected chi connectivity index (χ3v) is 4.21. The summed E-state index contributed by atoms with van der Waals surface area (Å²) in [5.41, 5.74) is 3.29. The van der Waals surface area contributed by atoms with E-state index in [9.17, 15) is 4.79 Å². The second-order valence-electron chi connectivity index (χ2n) is 6.97. The number of pyridine rings is 1. The Labute approximate surface area is 171 Å². The Morgan fingerprint density at radius 3 is 2.48 bits per heavy atom. The molecule has 0 radical (unpaired) electrons. The predicted molar refractivity (Wildman–Crippen MR) is 115 cm³/mol. The number of amides is 1. The highest BCUT2D eigenvalue weighted by Crippen LogP contribution is 2.16. The fourth-order valence-electron chi connectivity index (χ4n) is 2.92. The number of benzene rings is 1. The zero-order chi connectivity index (χ0) is 20.6. The van der Waals surface area contributed by atoms with Crippen molar-refractivity contribution in [1.29, 1.82) is 0 Å². The number of carbonyl (C=O) groups excluding carboxylic acids is 1. The van der Waals surface area contributed by atoms with Gasteiger partial charge in [0, 0.05) is 25.4 Å². The van der Waals surface area contributed by atoms with Gasteiger partial charge in [-0.3, -0.25) is 4.79 Å². The fourth-order valence-corrected chi connectivity index (χ4v) is 2.92. The van der Waals surface area contributed by atoms with Crippen LogP contribution in [0.4, 0.5) is 17.5 Å². The summed E-state index contributed by atoms with van der Waals surface area (Å²) in [7, 11) is 0. The number of nitrogens with one attached hydrogen (secondary N) is 3. The second kappa shape index (κ2) is 9.64. The van der Waals surface area contributed by atoms with E-state index in [2.05, 4.69) is 30.9 Å². The molecule has 0 aliphatic heterocycles. The van der Waals surface area contributed by atoms with Gasteiger partial charge in [-0.25, -0.2) is 15.0 Å². The van der Waals surface area contributed by atoms with Gasteiger partial charge in [-0.15, -0.1) is 0 Å². The first kappa shape index (κ1) is 20.3. The minimum absolute atomic E-state index is 0.00384. The molecule has 0 spiro atoms. The number of anilines is 3. The van der Waals surface area contributed by atoms with Gasteiger partial charge < -0.3 is 16.0 Å². The van der Waals surface area contributed by atoms with E-state index in [0.29, 0.717) is 37.0 Å². The molecule has 0 saturated heterocycles. The van der Waals surface area contributed by atoms with Crippen LogP contribution in [0.3, 0.4) is 0 Å². The van der Waals surface area contributed by atoms with Crippen molar-refractivity contribution in [2.75, 3.05) is 23.7 Å². The van der Waals surface area contributed by atoms with Gasteiger partial charge in [-0.05, 0) is 44.0 Å². The van der Waals surface area contributed by atoms with Gasteiger partial charge in [0.25, 0.3) is 0 Å². The maximum atomic E-state index is 12.1. The van der Waals surface area contributed by atoms with E-state index in [1.165, 1.54) is 0 Å². The molecule has 29 heavy (non-hydrogen) atoms. The molecule has 3 rings (SSSR count). The van der Waals surface area contributed by atoms with E-state index in [-0.39, 0.29) is 5.91 Å². The molecule has 7 heteroatoms. The van der Waals surface area contributed by atoms with E-state index < -0.39 is 0 Å². The zero-order valence-corrected chi connectivity index (χ0v) is 17.0. The first-order chi connectivity index (χ1) is 14.0. The molecule has 1 amide bonds. The van der Waals surface area contributed by atoms with Crippen LogP contribution >= 0.6 is 0 Å². The summed E-state index contributed by atoms with van der Waals surface area (Å²) < 4.78 is 0. The molecule has 0 aliphatic carbocycles. The van der Waals surface area contributed by atoms with Crippen LogP contribution in [0.5, 0.6) is 0 Å². The Hall–Kier alpha value is -3.48. The van der Waals surface area contributed by atoms with E-state index in [1.54, 1.807) is 6.20 Å². The first-order valence-corrected chi connectivity index (χ1v) is 9.59. The SMILES string of the molecule is Cc1cccc(CC(=O)NCCNc2cc(Nc3cc(C)ccn3)nc(C)n2)c1. The van der Waals surface area contributed by atoms with E-state index in [4.69, 9.17) is 0 Å². The minimum atomic E-state index is 0.00384. The van der Waals surface area contributed by atoms with Crippen LogP contribution in [0, 0.1) is 20.8 Å². The Balaban J connectivity index is 1.49. The lowest BCUT2D eigenvalue weighted by Gasteiger charge is -2.11. The van der Waals surface area contributed by atoms with Crippen molar-refractivity contribution in [3.63, 3.8) is 0 Å². The van der Waals surface area contributed by atoms with Gasteiger partial charge in [-0.1, -0.05) is 29.8 Å². The van der Waals surface area contributed by atoms with Crippen molar-refractivity contribution in [3.05, 3.63) is 71.2 Å². The molecule has 1 aromatic carbocycles. The third kappa shape index (κ3) is 6.57. The molecule has 3 N–H and O–H groups in total. The molecular formula is C22H26N6O. The number of carbonyl (C=O) groups is 1. The molecule has 2 heterocycles. The average Bonchev–Trinajstić information content (AvgIpc) is 2.65. The van der Waals surface area contributed by atoms with Crippen molar-refractivity contribution in [3.8, 4) is 0 Å². The van der Waals surface area contributed by atoms with Crippen molar-refractivity contribution >= 4 is 23.4 Å². The number of aryl methyl sites for hydroxylation is 3. The van der Waals surface area contributed by atoms with Crippen LogP contribution in [0.25, 0.3) is 0 Å². The number of nitrogens with zero attached hydrogens (tertiary/aromatic N) is 3. The highest BCUT2D eigenvalue weighted by molar-refractivity contribution is 5.78. The van der Waals surface area contributed by atoms with Crippen molar-refractivity contribution in [2.24, 2.45) is 0 Å². The lowest BCUT2D eigenvalue weighted by molar-refractivity contribution is -0.120. The maximum absolute atomic E-state index is 12.1. The standard InChI is InChI=1S/C22H26N6O/c1-15-5-4-6-18(11-15)13-22(29)25-10-9-24-20-14-21(27-17(3)26-20)28-19-12-16(2)7-8-23-19/h4-8,11-12,14H,9-10,13H2,1-3H3,(H,25,29)(H2,23,24,26,27,28). The zero-order valence-electron chi connectivity index (χ0n) is 17.0. The number of hydrogen-bond acceptors (Lipinski definition) is 6. The summed E-state index contributed by atoms with van der Waals surface area (Å²) in [6.45, 7) is 6.95. The van der Waals surface area contributed by atoms with Gasteiger partial charge in [0.2, 0.25) is 5.91 Å². The largest absolute Gasteiger partial charge is 0.368 e. The van der Waals surface area contributed by atoms with E-state index >= 15 is 0 Å². The highest BCUT2D eigenvalue weighted by Gasteiger charge is 2.05. The molecular weight excluding hydrogens is 364 g/mol. The molecule has 0 unspecified atom stereocenters. The average molecular weight is 390 g/mol. The van der Waals surface area contributed by atoms with Gasteiger partial charge in [-0.2, -0.15) is 0 Å². The van der Waals surface area contributed by atoms with Crippen molar-refractivity contribution in [1.82, 2.24) is 20.3 Å². The lowest BCUT2D eigenvalue weighted by Crippen LogP contribution is -2.30. The summed E-state index contributed by atoms with van der Waals surface area (Å²) >= 11 is 0. The first-order valence-electron chi connectivity index (χ1n) is 9.59. The molecule has 7 nitrogen and oxygen atoms in total. The monoisotopic (exact) mass is 390 g/mol. The number of rotatable bonds is 8. The van der Waals surface area contributed by atoms with Gasteiger partial charge in [0.1, 0.15) is 23.3 Å². The summed E-state index contributed by atoms with van der Waals surface area (Å²) in [5.74, 6) is 2.75. The summed E-state index contributed by atoms with van der Waals surface area (Å²) in [5, 5.41) is 9.35. The molecule has 0 bridgehead atoms. The van der Waals surface area contributed by atoms with Crippen LogP contribution in [-0.4, -0.2) is 33.9 Å². The Bertz CT molecular complexity index is 989. The van der Waals surface area contributed by atoms with Crippen molar-refractivity contribution < 1.29 is 4.79 Å². The molecule has 0 atom stereocenters. The predicted octanol–water partition coefficient (Wildman–Crippen LogP) is 3.31. The van der Waals surface area contributed by atoms with Crippen LogP contribution in [0.2, 0.25) is 0 Å². The second-order valence-corrected chi connectivity index (χ2v) is 6.97. The topological polar surface area (TPSA) is 91.8 Å². The third-order valence-electron chi connectivity index (χ3n) is 4.21. The lowest BCUT2D eigenvalue weighted by atomic mass is 10.1.